The van der Waals surface area contributed by atoms with Gasteiger partial charge in [-0.25, -0.2) is 19.6 Å². The molecule has 0 aromatic carbocycles. The summed E-state index contributed by atoms with van der Waals surface area (Å²) in [6.07, 6.45) is 0. The van der Waals surface area contributed by atoms with E-state index < -0.39 is 0 Å². The second-order valence-electron chi connectivity index (χ2n) is 0.687. The Labute approximate surface area is 41.8 Å². The van der Waals surface area contributed by atoms with E-state index in [0.29, 0.717) is 0 Å². The molecule has 0 fully saturated rings. The minimum atomic E-state index is -0.00694. The normalized spacial score (nSPS) is 9.43. The van der Waals surface area contributed by atoms with E-state index in [4.69, 9.17) is 0 Å². The fourth-order valence-corrected chi connectivity index (χ4v) is 0.116. The highest BCUT2D eigenvalue weighted by atomic mass is 17.3. The summed E-state index contributed by atoms with van der Waals surface area (Å²) in [5.41, 5.74) is 0. The summed E-state index contributed by atoms with van der Waals surface area (Å²) < 4.78 is 0. The van der Waals surface area contributed by atoms with Gasteiger partial charge in [-0.3, -0.25) is 0 Å². The second-order valence-corrected chi connectivity index (χ2v) is 0.687. The van der Waals surface area contributed by atoms with E-state index in [1.54, 1.807) is 0 Å². The predicted octanol–water partition coefficient (Wildman–Crippen LogP) is 0.0999. The molecule has 44 valence electrons. The molecule has 0 amide bonds. The van der Waals surface area contributed by atoms with E-state index in [2.05, 4.69) is 19.6 Å². The average molecular weight is 108 g/mol. The Bertz CT molecular complexity index is 26.1. The van der Waals surface area contributed by atoms with Gasteiger partial charge in [0.2, 0.25) is 6.79 Å². The van der Waals surface area contributed by atoms with Crippen LogP contribution in [0.5, 0.6) is 0 Å². The first-order valence-corrected chi connectivity index (χ1v) is 1.73. The zero-order chi connectivity index (χ0) is 5.54. The molecule has 7 heavy (non-hydrogen) atoms. The third-order valence-corrected chi connectivity index (χ3v) is 0.332. The van der Waals surface area contributed by atoms with Crippen molar-refractivity contribution >= 4 is 0 Å². The van der Waals surface area contributed by atoms with E-state index in [1.807, 2.05) is 0 Å². The van der Waals surface area contributed by atoms with Crippen molar-refractivity contribution in [2.24, 2.45) is 0 Å². The van der Waals surface area contributed by atoms with Gasteiger partial charge in [-0.2, -0.15) is 0 Å². The van der Waals surface area contributed by atoms with Gasteiger partial charge < -0.3 is 0 Å². The van der Waals surface area contributed by atoms with Gasteiger partial charge in [0.05, 0.1) is 14.2 Å². The second kappa shape index (κ2) is 5.84. The molecule has 0 saturated heterocycles. The van der Waals surface area contributed by atoms with E-state index >= 15 is 0 Å². The molecule has 0 rings (SSSR count). The zero-order valence-electron chi connectivity index (χ0n) is 4.34. The molecule has 0 atom stereocenters. The Morgan fingerprint density at radius 3 is 1.71 bits per heavy atom. The molecule has 0 spiro atoms. The standard InChI is InChI=1S/C3H8O4/c1-4-6-3-7-5-2/h3H2,1-2H3. The first kappa shape index (κ1) is 6.84. The van der Waals surface area contributed by atoms with Crippen molar-refractivity contribution < 1.29 is 19.6 Å². The molecule has 0 aliphatic heterocycles. The lowest BCUT2D eigenvalue weighted by Gasteiger charge is -1.95. The lowest BCUT2D eigenvalue weighted by Crippen LogP contribution is -1.96. The third-order valence-electron chi connectivity index (χ3n) is 0.332. The Balaban J connectivity index is 2.45. The fraction of sp³-hybridized carbons (Fsp3) is 1.00. The van der Waals surface area contributed by atoms with Gasteiger partial charge in [-0.15, -0.1) is 0 Å². The van der Waals surface area contributed by atoms with Crippen molar-refractivity contribution in [2.75, 3.05) is 21.0 Å². The summed E-state index contributed by atoms with van der Waals surface area (Å²) in [4.78, 5) is 16.7. The van der Waals surface area contributed by atoms with Crippen LogP contribution >= 0.6 is 0 Å². The highest BCUT2D eigenvalue weighted by molar-refractivity contribution is 3.74. The van der Waals surface area contributed by atoms with Gasteiger partial charge in [-0.1, -0.05) is 0 Å². The maximum Gasteiger partial charge on any atom is 0.214 e. The van der Waals surface area contributed by atoms with Gasteiger partial charge in [0.1, 0.15) is 0 Å². The molecule has 0 aliphatic rings. The van der Waals surface area contributed by atoms with Crippen LogP contribution in [0.1, 0.15) is 0 Å². The molecule has 0 aromatic rings. The number of hydrogen-bond acceptors (Lipinski definition) is 4. The van der Waals surface area contributed by atoms with Gasteiger partial charge >= 0.3 is 0 Å². The van der Waals surface area contributed by atoms with Crippen molar-refractivity contribution in [3.05, 3.63) is 0 Å². The van der Waals surface area contributed by atoms with E-state index in [0.717, 1.165) is 0 Å². The fourth-order valence-electron chi connectivity index (χ4n) is 0.116. The third kappa shape index (κ3) is 5.84. The molecule has 0 saturated carbocycles. The van der Waals surface area contributed by atoms with Gasteiger partial charge in [0, 0.05) is 0 Å². The van der Waals surface area contributed by atoms with Crippen molar-refractivity contribution in [1.82, 2.24) is 0 Å². The summed E-state index contributed by atoms with van der Waals surface area (Å²) in [7, 11) is 2.78. The molecule has 0 aromatic heterocycles. The maximum atomic E-state index is 4.23. The molecule has 0 heterocycles. The summed E-state index contributed by atoms with van der Waals surface area (Å²) in [6, 6.07) is 0. The molecule has 4 heteroatoms. The molecule has 0 bridgehead atoms. The monoisotopic (exact) mass is 108 g/mol. The van der Waals surface area contributed by atoms with Crippen LogP contribution in [0.2, 0.25) is 0 Å². The molecular weight excluding hydrogens is 100 g/mol. The van der Waals surface area contributed by atoms with Crippen LogP contribution in [-0.4, -0.2) is 21.0 Å². The van der Waals surface area contributed by atoms with Crippen LogP contribution in [0.15, 0.2) is 0 Å². The summed E-state index contributed by atoms with van der Waals surface area (Å²) in [6.45, 7) is -0.00694. The zero-order valence-corrected chi connectivity index (χ0v) is 4.34. The Kier molecular flexibility index (Phi) is 5.71. The van der Waals surface area contributed by atoms with Gasteiger partial charge in [-0.05, 0) is 0 Å². The summed E-state index contributed by atoms with van der Waals surface area (Å²) in [5.74, 6) is 0. The topological polar surface area (TPSA) is 36.9 Å². The molecular formula is C3H8O4. The lowest BCUT2D eigenvalue weighted by molar-refractivity contribution is -0.402. The quantitative estimate of drug-likeness (QED) is 0.221. The predicted molar refractivity (Wildman–Crippen MR) is 21.1 cm³/mol. The average Bonchev–Trinajstić information content (AvgIpc) is 1.69. The highest BCUT2D eigenvalue weighted by Gasteiger charge is 1.78. The number of rotatable bonds is 4. The van der Waals surface area contributed by atoms with Crippen LogP contribution in [0.4, 0.5) is 0 Å². The Hall–Kier alpha value is -0.160. The van der Waals surface area contributed by atoms with Crippen molar-refractivity contribution in [2.45, 2.75) is 0 Å². The summed E-state index contributed by atoms with van der Waals surface area (Å²) >= 11 is 0. The first-order valence-electron chi connectivity index (χ1n) is 1.73. The van der Waals surface area contributed by atoms with Crippen molar-refractivity contribution in [1.29, 1.82) is 0 Å². The van der Waals surface area contributed by atoms with Crippen LogP contribution in [-0.2, 0) is 19.6 Å². The number of hydrogen-bond donors (Lipinski definition) is 0. The van der Waals surface area contributed by atoms with E-state index in [1.165, 1.54) is 14.2 Å². The largest absolute Gasteiger partial charge is 0.238 e. The SMILES string of the molecule is COOCOOC. The smallest absolute Gasteiger partial charge is 0.214 e. The van der Waals surface area contributed by atoms with Gasteiger partial charge in [0.25, 0.3) is 0 Å². The van der Waals surface area contributed by atoms with Crippen LogP contribution in [0.3, 0.4) is 0 Å². The molecule has 0 radical (unpaired) electrons. The lowest BCUT2D eigenvalue weighted by atomic mass is 11.5. The molecule has 0 unspecified atom stereocenters. The maximum absolute atomic E-state index is 4.23. The van der Waals surface area contributed by atoms with Crippen LogP contribution < -0.4 is 0 Å². The van der Waals surface area contributed by atoms with E-state index in [-0.39, 0.29) is 6.79 Å². The first-order chi connectivity index (χ1) is 3.41. The Morgan fingerprint density at radius 1 is 1.00 bits per heavy atom. The summed E-state index contributed by atoms with van der Waals surface area (Å²) in [5, 5.41) is 0. The highest BCUT2D eigenvalue weighted by Crippen LogP contribution is 1.74. The molecule has 4 nitrogen and oxygen atoms in total. The van der Waals surface area contributed by atoms with Gasteiger partial charge in [0.15, 0.2) is 0 Å². The van der Waals surface area contributed by atoms with Crippen molar-refractivity contribution in [3.8, 4) is 0 Å². The van der Waals surface area contributed by atoms with Crippen LogP contribution in [0, 0.1) is 0 Å². The molecule has 0 N–H and O–H groups in total. The van der Waals surface area contributed by atoms with Crippen LogP contribution in [0.25, 0.3) is 0 Å². The van der Waals surface area contributed by atoms with E-state index in [9.17, 15) is 0 Å². The molecule has 0 aliphatic carbocycles. The minimum Gasteiger partial charge on any atom is -0.238 e. The van der Waals surface area contributed by atoms with Crippen molar-refractivity contribution in [3.63, 3.8) is 0 Å². The Morgan fingerprint density at radius 2 is 1.43 bits per heavy atom. The minimum absolute atomic E-state index is 0.00694.